The van der Waals surface area contributed by atoms with E-state index in [0.717, 1.165) is 29.1 Å². The Morgan fingerprint density at radius 2 is 2.03 bits per heavy atom. The summed E-state index contributed by atoms with van der Waals surface area (Å²) in [5.41, 5.74) is 3.81. The Morgan fingerprint density at radius 3 is 2.68 bits per heavy atom. The van der Waals surface area contributed by atoms with Gasteiger partial charge in [0, 0.05) is 36.8 Å². The Bertz CT molecular complexity index is 1410. The average molecular weight is 512 g/mol. The molecular weight excluding hydrogens is 483 g/mol. The van der Waals surface area contributed by atoms with E-state index in [-0.39, 0.29) is 24.4 Å². The number of halogens is 3. The van der Waals surface area contributed by atoms with Crippen molar-refractivity contribution in [2.75, 3.05) is 11.9 Å². The Morgan fingerprint density at radius 1 is 1.30 bits per heavy atom. The summed E-state index contributed by atoms with van der Waals surface area (Å²) in [4.78, 5) is 31.3. The van der Waals surface area contributed by atoms with E-state index in [4.69, 9.17) is 5.26 Å². The third-order valence-corrected chi connectivity index (χ3v) is 7.24. The number of alkyl halides is 3. The number of nitrogens with one attached hydrogen (secondary N) is 1. The first-order valence-electron chi connectivity index (χ1n) is 12.1. The monoisotopic (exact) mass is 511 g/mol. The standard InChI is InChI=1S/C27H28F3N5O2/c1-15-10-19(8-9-35(15)26(37)17(3)27(28,29)30)21-14-34(4)24-23(21)16(2)22(13-32-24)33-25(36)20-7-5-6-18(11-20)12-31/h5-7,11,13-15,17,19H,8-10H2,1-4H3,(H,33,36)/t15-,17+,19+/m0/s1. The van der Waals surface area contributed by atoms with E-state index >= 15 is 0 Å². The summed E-state index contributed by atoms with van der Waals surface area (Å²) < 4.78 is 41.3. The highest BCUT2D eigenvalue weighted by molar-refractivity contribution is 6.06. The van der Waals surface area contributed by atoms with Crippen molar-refractivity contribution in [3.63, 3.8) is 0 Å². The fourth-order valence-electron chi connectivity index (χ4n) is 5.07. The van der Waals surface area contributed by atoms with E-state index in [0.29, 0.717) is 29.7 Å². The predicted molar refractivity (Wildman–Crippen MR) is 133 cm³/mol. The van der Waals surface area contributed by atoms with Crippen LogP contribution in [0.5, 0.6) is 0 Å². The number of nitrogens with zero attached hydrogens (tertiary/aromatic N) is 4. The normalized spacial score (nSPS) is 18.9. The van der Waals surface area contributed by atoms with E-state index in [1.807, 2.05) is 30.8 Å². The fraction of sp³-hybridized carbons (Fsp3) is 0.407. The number of aryl methyl sites for hydroxylation is 2. The van der Waals surface area contributed by atoms with Gasteiger partial charge in [0.05, 0.1) is 23.5 Å². The van der Waals surface area contributed by atoms with Gasteiger partial charge in [0.15, 0.2) is 0 Å². The van der Waals surface area contributed by atoms with Gasteiger partial charge in [-0.1, -0.05) is 6.07 Å². The van der Waals surface area contributed by atoms with Gasteiger partial charge in [-0.25, -0.2) is 4.98 Å². The smallest absolute Gasteiger partial charge is 0.339 e. The van der Waals surface area contributed by atoms with Crippen molar-refractivity contribution in [3.8, 4) is 6.07 Å². The molecule has 7 nitrogen and oxygen atoms in total. The van der Waals surface area contributed by atoms with Crippen molar-refractivity contribution in [2.24, 2.45) is 13.0 Å². The number of pyridine rings is 1. The molecule has 1 aliphatic rings. The van der Waals surface area contributed by atoms with E-state index in [1.54, 1.807) is 31.3 Å². The Hall–Kier alpha value is -3.87. The zero-order valence-electron chi connectivity index (χ0n) is 21.1. The van der Waals surface area contributed by atoms with E-state index in [1.165, 1.54) is 11.0 Å². The fourth-order valence-corrected chi connectivity index (χ4v) is 5.07. The number of anilines is 1. The molecule has 194 valence electrons. The molecule has 1 N–H and O–H groups in total. The topological polar surface area (TPSA) is 91.0 Å². The molecule has 0 saturated carbocycles. The number of amides is 2. The molecule has 10 heteroatoms. The van der Waals surface area contributed by atoms with Crippen LogP contribution in [0.3, 0.4) is 0 Å². The third-order valence-electron chi connectivity index (χ3n) is 7.24. The predicted octanol–water partition coefficient (Wildman–Crippen LogP) is 5.30. The van der Waals surface area contributed by atoms with Crippen LogP contribution in [0.25, 0.3) is 11.0 Å². The van der Waals surface area contributed by atoms with Crippen molar-refractivity contribution in [1.29, 1.82) is 5.26 Å². The minimum atomic E-state index is -4.57. The zero-order chi connectivity index (χ0) is 27.1. The number of carbonyl (C=O) groups is 2. The lowest BCUT2D eigenvalue weighted by molar-refractivity contribution is -0.187. The first-order chi connectivity index (χ1) is 17.4. The van der Waals surface area contributed by atoms with Gasteiger partial charge in [-0.2, -0.15) is 18.4 Å². The Balaban J connectivity index is 1.60. The molecule has 4 rings (SSSR count). The summed E-state index contributed by atoms with van der Waals surface area (Å²) in [6, 6.07) is 8.07. The maximum absolute atomic E-state index is 13.1. The number of piperidine rings is 1. The van der Waals surface area contributed by atoms with Crippen LogP contribution < -0.4 is 5.32 Å². The minimum Gasteiger partial charge on any atom is -0.339 e. The third kappa shape index (κ3) is 5.03. The molecule has 1 aliphatic heterocycles. The van der Waals surface area contributed by atoms with Crippen LogP contribution in [0.4, 0.5) is 18.9 Å². The summed E-state index contributed by atoms with van der Waals surface area (Å²) >= 11 is 0. The number of nitriles is 1. The van der Waals surface area contributed by atoms with Gasteiger partial charge in [-0.3, -0.25) is 9.59 Å². The summed E-state index contributed by atoms with van der Waals surface area (Å²) in [5.74, 6) is -3.27. The van der Waals surface area contributed by atoms with Gasteiger partial charge in [-0.15, -0.1) is 0 Å². The second-order valence-corrected chi connectivity index (χ2v) is 9.70. The first-order valence-corrected chi connectivity index (χ1v) is 12.1. The van der Waals surface area contributed by atoms with Crippen LogP contribution in [-0.2, 0) is 11.8 Å². The molecule has 3 heterocycles. The maximum Gasteiger partial charge on any atom is 0.400 e. The lowest BCUT2D eigenvalue weighted by Gasteiger charge is -2.39. The van der Waals surface area contributed by atoms with E-state index in [2.05, 4.69) is 10.3 Å². The number of likely N-dealkylation sites (tertiary alicyclic amines) is 1. The van der Waals surface area contributed by atoms with Gasteiger partial charge < -0.3 is 14.8 Å². The van der Waals surface area contributed by atoms with Crippen molar-refractivity contribution in [2.45, 2.75) is 51.7 Å². The number of carbonyl (C=O) groups excluding carboxylic acids is 2. The molecule has 0 bridgehead atoms. The molecule has 1 aromatic carbocycles. The number of benzene rings is 1. The number of hydrogen-bond donors (Lipinski definition) is 1. The molecule has 3 aromatic rings. The zero-order valence-corrected chi connectivity index (χ0v) is 21.1. The minimum absolute atomic E-state index is 0.0164. The lowest BCUT2D eigenvalue weighted by atomic mass is 9.84. The highest BCUT2D eigenvalue weighted by Crippen LogP contribution is 2.39. The second-order valence-electron chi connectivity index (χ2n) is 9.70. The maximum atomic E-state index is 13.1. The second kappa shape index (κ2) is 9.88. The Kier molecular flexibility index (Phi) is 7.00. The van der Waals surface area contributed by atoms with Crippen LogP contribution in [0.15, 0.2) is 36.7 Å². The quantitative estimate of drug-likeness (QED) is 0.515. The largest absolute Gasteiger partial charge is 0.400 e. The number of hydrogen-bond acceptors (Lipinski definition) is 4. The number of aromatic nitrogens is 2. The molecule has 0 radical (unpaired) electrons. The van der Waals surface area contributed by atoms with Crippen LogP contribution in [0.1, 0.15) is 59.7 Å². The summed E-state index contributed by atoms with van der Waals surface area (Å²) in [7, 11) is 1.87. The van der Waals surface area contributed by atoms with Crippen molar-refractivity contribution in [1.82, 2.24) is 14.5 Å². The Labute approximate surface area is 212 Å². The van der Waals surface area contributed by atoms with Crippen molar-refractivity contribution < 1.29 is 22.8 Å². The molecule has 1 saturated heterocycles. The molecule has 3 atom stereocenters. The van der Waals surface area contributed by atoms with Crippen molar-refractivity contribution >= 4 is 28.5 Å². The van der Waals surface area contributed by atoms with Gasteiger partial charge in [0.2, 0.25) is 5.91 Å². The molecule has 2 aromatic heterocycles. The average Bonchev–Trinajstić information content (AvgIpc) is 3.21. The van der Waals surface area contributed by atoms with Gasteiger partial charge >= 0.3 is 6.18 Å². The summed E-state index contributed by atoms with van der Waals surface area (Å²) in [6.45, 7) is 4.82. The van der Waals surface area contributed by atoms with Gasteiger partial charge in [0.25, 0.3) is 5.91 Å². The van der Waals surface area contributed by atoms with Crippen LogP contribution >= 0.6 is 0 Å². The highest BCUT2D eigenvalue weighted by atomic mass is 19.4. The van der Waals surface area contributed by atoms with Crippen LogP contribution in [0, 0.1) is 24.2 Å². The van der Waals surface area contributed by atoms with Crippen LogP contribution in [0.2, 0.25) is 0 Å². The molecule has 1 fully saturated rings. The molecule has 37 heavy (non-hydrogen) atoms. The van der Waals surface area contributed by atoms with E-state index < -0.39 is 18.0 Å². The summed E-state index contributed by atoms with van der Waals surface area (Å²) in [5, 5.41) is 12.9. The molecule has 0 aliphatic carbocycles. The number of rotatable bonds is 4. The summed E-state index contributed by atoms with van der Waals surface area (Å²) in [6.07, 6.45) is 0.0434. The van der Waals surface area contributed by atoms with Gasteiger partial charge in [0.1, 0.15) is 11.6 Å². The van der Waals surface area contributed by atoms with Gasteiger partial charge in [-0.05, 0) is 68.9 Å². The highest BCUT2D eigenvalue weighted by Gasteiger charge is 2.45. The lowest BCUT2D eigenvalue weighted by Crippen LogP contribution is -2.49. The van der Waals surface area contributed by atoms with Crippen LogP contribution in [-0.4, -0.2) is 45.0 Å². The van der Waals surface area contributed by atoms with E-state index in [9.17, 15) is 22.8 Å². The molecular formula is C27H28F3N5O2. The first kappa shape index (κ1) is 26.2. The van der Waals surface area contributed by atoms with Crippen molar-refractivity contribution in [3.05, 3.63) is 58.9 Å². The molecule has 2 amide bonds. The molecule has 0 spiro atoms. The molecule has 0 unspecified atom stereocenters. The SMILES string of the molecule is Cc1c(NC(=O)c2cccc(C#N)c2)cnc2c1c([C@@H]1CCN(C(=O)[C@@H](C)C(F)(F)F)[C@@H](C)C1)cn2C. The number of fused-ring (bicyclic) bond motifs is 1.